The van der Waals surface area contributed by atoms with Crippen LogP contribution in [0.1, 0.15) is 48.2 Å². The molecular weight excluding hydrogens is 568 g/mol. The molecule has 222 valence electrons. The van der Waals surface area contributed by atoms with Gasteiger partial charge in [0.2, 0.25) is 5.91 Å². The molecule has 2 aliphatic rings. The van der Waals surface area contributed by atoms with Crippen LogP contribution in [0.5, 0.6) is 0 Å². The number of rotatable bonds is 8. The standard InChI is InChI=1S/C31H32ClF2N3O5/c1-41-31(40)19-6-8-23(9-7-19)42-17-22-14-21(33)16-37(22)28(38)13-20-12-25(32)27(15-26(20)34)36-30(39)29-24-5-3-2-4-18(24)10-11-35-29/h2-5,10-12,15,19,21-23H,6-9,13-14,16-17H2,1H3,(H,36,39)/t19?,21-,22-,23?/m0/s1. The third-order valence-electron chi connectivity index (χ3n) is 8.03. The van der Waals surface area contributed by atoms with Crippen molar-refractivity contribution in [3.63, 3.8) is 0 Å². The predicted molar refractivity (Wildman–Crippen MR) is 154 cm³/mol. The van der Waals surface area contributed by atoms with E-state index in [2.05, 4.69) is 10.3 Å². The van der Waals surface area contributed by atoms with Crippen LogP contribution in [0.3, 0.4) is 0 Å². The molecule has 8 nitrogen and oxygen atoms in total. The number of methoxy groups -OCH3 is 1. The summed E-state index contributed by atoms with van der Waals surface area (Å²) in [6.45, 7) is 0.0690. The Kier molecular flexibility index (Phi) is 9.33. The second kappa shape index (κ2) is 13.1. The second-order valence-electron chi connectivity index (χ2n) is 10.8. The summed E-state index contributed by atoms with van der Waals surface area (Å²) in [6.07, 6.45) is 2.73. The zero-order valence-electron chi connectivity index (χ0n) is 23.2. The lowest BCUT2D eigenvalue weighted by atomic mass is 9.87. The van der Waals surface area contributed by atoms with Crippen LogP contribution in [0.15, 0.2) is 48.7 Å². The van der Waals surface area contributed by atoms with E-state index in [0.717, 1.165) is 11.5 Å². The van der Waals surface area contributed by atoms with Crippen molar-refractivity contribution in [3.05, 3.63) is 70.8 Å². The zero-order valence-corrected chi connectivity index (χ0v) is 23.9. The number of aromatic nitrogens is 1. The maximum atomic E-state index is 15.1. The highest BCUT2D eigenvalue weighted by Gasteiger charge is 2.37. The van der Waals surface area contributed by atoms with Gasteiger partial charge in [-0.25, -0.2) is 8.78 Å². The minimum Gasteiger partial charge on any atom is -0.469 e. The number of ether oxygens (including phenoxy) is 2. The highest BCUT2D eigenvalue weighted by Crippen LogP contribution is 2.31. The molecule has 3 aromatic rings. The van der Waals surface area contributed by atoms with E-state index < -0.39 is 29.8 Å². The van der Waals surface area contributed by atoms with Crippen LogP contribution in [0, 0.1) is 11.7 Å². The van der Waals surface area contributed by atoms with Gasteiger partial charge in [0.15, 0.2) is 0 Å². The fraction of sp³-hybridized carbons (Fsp3) is 0.419. The second-order valence-corrected chi connectivity index (χ2v) is 11.2. The molecule has 2 aromatic carbocycles. The molecule has 2 heterocycles. The summed E-state index contributed by atoms with van der Waals surface area (Å²) < 4.78 is 40.3. The lowest BCUT2D eigenvalue weighted by Gasteiger charge is -2.30. The number of fused-ring (bicyclic) bond motifs is 1. The number of anilines is 1. The Bertz CT molecular complexity index is 1470. The van der Waals surface area contributed by atoms with Crippen LogP contribution < -0.4 is 5.32 Å². The first-order valence-corrected chi connectivity index (χ1v) is 14.4. The normalized spacial score (nSPS) is 22.2. The Hall–Kier alpha value is -3.63. The van der Waals surface area contributed by atoms with Crippen molar-refractivity contribution < 1.29 is 32.6 Å². The molecule has 0 spiro atoms. The molecule has 1 N–H and O–H groups in total. The molecular formula is C31H32ClF2N3O5. The molecule has 2 amide bonds. The van der Waals surface area contributed by atoms with Gasteiger partial charge in [-0.2, -0.15) is 0 Å². The molecule has 11 heteroatoms. The maximum absolute atomic E-state index is 15.1. The van der Waals surface area contributed by atoms with Crippen molar-refractivity contribution in [1.29, 1.82) is 0 Å². The lowest BCUT2D eigenvalue weighted by Crippen LogP contribution is -2.40. The van der Waals surface area contributed by atoms with E-state index in [1.165, 1.54) is 24.3 Å². The van der Waals surface area contributed by atoms with Gasteiger partial charge >= 0.3 is 5.97 Å². The predicted octanol–water partition coefficient (Wildman–Crippen LogP) is 5.51. The average Bonchev–Trinajstić information content (AvgIpc) is 3.38. The quantitative estimate of drug-likeness (QED) is 0.343. The molecule has 5 rings (SSSR count). The van der Waals surface area contributed by atoms with E-state index in [1.54, 1.807) is 18.2 Å². The first-order chi connectivity index (χ1) is 20.2. The Morgan fingerprint density at radius 2 is 1.88 bits per heavy atom. The summed E-state index contributed by atoms with van der Waals surface area (Å²) in [5, 5.41) is 4.13. The van der Waals surface area contributed by atoms with Crippen molar-refractivity contribution >= 4 is 45.8 Å². The van der Waals surface area contributed by atoms with E-state index in [1.807, 2.05) is 12.1 Å². The van der Waals surface area contributed by atoms with Crippen LogP contribution in [0.25, 0.3) is 10.8 Å². The van der Waals surface area contributed by atoms with Gasteiger partial charge in [-0.3, -0.25) is 19.4 Å². The van der Waals surface area contributed by atoms with Crippen molar-refractivity contribution in [1.82, 2.24) is 9.88 Å². The first-order valence-electron chi connectivity index (χ1n) is 14.0. The highest BCUT2D eigenvalue weighted by atomic mass is 35.5. The summed E-state index contributed by atoms with van der Waals surface area (Å²) in [6, 6.07) is 10.9. The summed E-state index contributed by atoms with van der Waals surface area (Å²) >= 11 is 6.39. The van der Waals surface area contributed by atoms with Crippen molar-refractivity contribution in [2.45, 2.75) is 56.8 Å². The van der Waals surface area contributed by atoms with Gasteiger partial charge in [0.1, 0.15) is 17.7 Å². The fourth-order valence-electron chi connectivity index (χ4n) is 5.77. The number of carbonyl (C=O) groups is 3. The monoisotopic (exact) mass is 599 g/mol. The molecule has 42 heavy (non-hydrogen) atoms. The van der Waals surface area contributed by atoms with Crippen molar-refractivity contribution in [3.8, 4) is 0 Å². The minimum absolute atomic E-state index is 0.0365. The number of carbonyl (C=O) groups excluding carboxylic acids is 3. The van der Waals surface area contributed by atoms with Crippen molar-refractivity contribution in [2.75, 3.05) is 25.6 Å². The Morgan fingerprint density at radius 1 is 1.12 bits per heavy atom. The molecule has 0 unspecified atom stereocenters. The summed E-state index contributed by atoms with van der Waals surface area (Å²) in [5.41, 5.74) is 0.251. The molecule has 0 bridgehead atoms. The summed E-state index contributed by atoms with van der Waals surface area (Å²) in [7, 11) is 1.38. The fourth-order valence-corrected chi connectivity index (χ4v) is 6.00. The number of nitrogens with zero attached hydrogens (tertiary/aromatic N) is 2. The van der Waals surface area contributed by atoms with Crippen molar-refractivity contribution in [2.24, 2.45) is 5.92 Å². The van der Waals surface area contributed by atoms with E-state index >= 15 is 4.39 Å². The van der Waals surface area contributed by atoms with E-state index in [9.17, 15) is 18.8 Å². The van der Waals surface area contributed by atoms with Crippen LogP contribution >= 0.6 is 11.6 Å². The highest BCUT2D eigenvalue weighted by molar-refractivity contribution is 6.34. The smallest absolute Gasteiger partial charge is 0.308 e. The van der Waals surface area contributed by atoms with Gasteiger partial charge in [-0.1, -0.05) is 35.9 Å². The first kappa shape index (κ1) is 29.8. The van der Waals surface area contributed by atoms with E-state index in [4.69, 9.17) is 21.1 Å². The zero-order chi connectivity index (χ0) is 29.8. The molecule has 1 aliphatic carbocycles. The third kappa shape index (κ3) is 6.71. The number of amides is 2. The SMILES string of the molecule is COC(=O)C1CCC(OC[C@@H]2C[C@H](F)CN2C(=O)Cc2cc(Cl)c(NC(=O)c3nccc4ccccc34)cc2F)CC1. The number of hydrogen-bond donors (Lipinski definition) is 1. The molecule has 1 aromatic heterocycles. The van der Waals surface area contributed by atoms with Crippen LogP contribution in [0.4, 0.5) is 14.5 Å². The summed E-state index contributed by atoms with van der Waals surface area (Å²) in [5.74, 6) is -2.06. The lowest BCUT2D eigenvalue weighted by molar-refractivity contribution is -0.148. The molecule has 2 fully saturated rings. The number of halogens is 3. The van der Waals surface area contributed by atoms with Gasteiger partial charge in [0, 0.05) is 18.0 Å². The van der Waals surface area contributed by atoms with Gasteiger partial charge < -0.3 is 19.7 Å². The topological polar surface area (TPSA) is 97.8 Å². The van der Waals surface area contributed by atoms with Crippen LogP contribution in [0.2, 0.25) is 5.02 Å². The van der Waals surface area contributed by atoms with Crippen LogP contribution in [-0.4, -0.2) is 66.2 Å². The number of esters is 1. The molecule has 2 atom stereocenters. The number of pyridine rings is 1. The Labute approximate surface area is 247 Å². The number of alkyl halides is 1. The molecule has 0 radical (unpaired) electrons. The number of nitrogens with one attached hydrogen (secondary N) is 1. The summed E-state index contributed by atoms with van der Waals surface area (Å²) in [4.78, 5) is 43.4. The number of likely N-dealkylation sites (tertiary alicyclic amines) is 1. The molecule has 1 aliphatic heterocycles. The van der Waals surface area contributed by atoms with Gasteiger partial charge in [-0.15, -0.1) is 0 Å². The number of hydrogen-bond acceptors (Lipinski definition) is 6. The molecule has 1 saturated carbocycles. The minimum atomic E-state index is -1.20. The number of benzene rings is 2. The van der Waals surface area contributed by atoms with Gasteiger partial charge in [-0.05, 0) is 54.8 Å². The average molecular weight is 600 g/mol. The van der Waals surface area contributed by atoms with Gasteiger partial charge in [0.05, 0.1) is 55.5 Å². The van der Waals surface area contributed by atoms with E-state index in [0.29, 0.717) is 31.1 Å². The Balaban J connectivity index is 1.20. The Morgan fingerprint density at radius 3 is 2.64 bits per heavy atom. The van der Waals surface area contributed by atoms with E-state index in [-0.39, 0.29) is 66.0 Å². The molecule has 1 saturated heterocycles. The van der Waals surface area contributed by atoms with Crippen LogP contribution in [-0.2, 0) is 25.5 Å². The third-order valence-corrected chi connectivity index (χ3v) is 8.34. The maximum Gasteiger partial charge on any atom is 0.308 e. The largest absolute Gasteiger partial charge is 0.469 e. The van der Waals surface area contributed by atoms with Gasteiger partial charge in [0.25, 0.3) is 5.91 Å².